The van der Waals surface area contributed by atoms with Crippen molar-refractivity contribution in [2.24, 2.45) is 0 Å². The molecule has 1 amide bonds. The molecule has 27 heavy (non-hydrogen) atoms. The first-order valence-corrected chi connectivity index (χ1v) is 10.9. The summed E-state index contributed by atoms with van der Waals surface area (Å²) in [5.41, 5.74) is 1.40. The summed E-state index contributed by atoms with van der Waals surface area (Å²) in [6.45, 7) is 0.0651. The van der Waals surface area contributed by atoms with Gasteiger partial charge in [-0.05, 0) is 46.7 Å². The molecule has 0 heterocycles. The smallest absolute Gasteiger partial charge is 0.241 e. The summed E-state index contributed by atoms with van der Waals surface area (Å²) in [5, 5.41) is 5.02. The predicted octanol–water partition coefficient (Wildman–Crippen LogP) is 3.68. The molecule has 0 saturated heterocycles. The highest BCUT2D eigenvalue weighted by Gasteiger charge is 2.20. The van der Waals surface area contributed by atoms with E-state index in [1.54, 1.807) is 24.3 Å². The fourth-order valence-electron chi connectivity index (χ4n) is 2.74. The van der Waals surface area contributed by atoms with Gasteiger partial charge in [0, 0.05) is 11.0 Å². The van der Waals surface area contributed by atoms with Crippen LogP contribution in [0.5, 0.6) is 0 Å². The van der Waals surface area contributed by atoms with Gasteiger partial charge in [0.15, 0.2) is 0 Å². The molecule has 3 aromatic rings. The van der Waals surface area contributed by atoms with E-state index in [2.05, 4.69) is 21.2 Å². The Balaban J connectivity index is 1.69. The van der Waals surface area contributed by atoms with Crippen LogP contribution in [0.25, 0.3) is 10.8 Å². The van der Waals surface area contributed by atoms with Gasteiger partial charge in [-0.15, -0.1) is 0 Å². The standard InChI is InChI=1S/C20H19BrN2O3S/c1-27(25,26)23(19-10-8-18(21)9-11-19)14-20(24)22-13-15-6-7-16-4-2-3-5-17(16)12-15/h2-12H,13-14H2,1H3,(H,22,24). The largest absolute Gasteiger partial charge is 0.350 e. The second kappa shape index (κ2) is 8.10. The summed E-state index contributed by atoms with van der Waals surface area (Å²) >= 11 is 3.32. The van der Waals surface area contributed by atoms with Crippen LogP contribution in [0, 0.1) is 0 Å². The van der Waals surface area contributed by atoms with E-state index >= 15 is 0 Å². The molecule has 0 atom stereocenters. The van der Waals surface area contributed by atoms with Crippen molar-refractivity contribution in [1.29, 1.82) is 0 Å². The van der Waals surface area contributed by atoms with E-state index in [1.807, 2.05) is 42.5 Å². The van der Waals surface area contributed by atoms with Crippen molar-refractivity contribution in [3.8, 4) is 0 Å². The second-order valence-corrected chi connectivity index (χ2v) is 9.03. The minimum absolute atomic E-state index is 0.270. The Morgan fingerprint density at radius 2 is 1.67 bits per heavy atom. The molecule has 0 saturated carbocycles. The molecule has 0 aliphatic heterocycles. The Hall–Kier alpha value is -2.38. The number of carbonyl (C=O) groups excluding carboxylic acids is 1. The third kappa shape index (κ3) is 5.08. The Morgan fingerprint density at radius 1 is 1.00 bits per heavy atom. The number of hydrogen-bond donors (Lipinski definition) is 1. The molecule has 3 aromatic carbocycles. The molecule has 0 aromatic heterocycles. The van der Waals surface area contributed by atoms with E-state index in [9.17, 15) is 13.2 Å². The molecule has 3 rings (SSSR count). The van der Waals surface area contributed by atoms with Gasteiger partial charge in [-0.3, -0.25) is 9.10 Å². The zero-order chi connectivity index (χ0) is 19.4. The summed E-state index contributed by atoms with van der Waals surface area (Å²) in [7, 11) is -3.58. The van der Waals surface area contributed by atoms with E-state index in [0.29, 0.717) is 12.2 Å². The number of amides is 1. The van der Waals surface area contributed by atoms with Gasteiger partial charge in [0.1, 0.15) is 6.54 Å². The van der Waals surface area contributed by atoms with Crippen LogP contribution >= 0.6 is 15.9 Å². The molecular weight excluding hydrogens is 428 g/mol. The maximum Gasteiger partial charge on any atom is 0.241 e. The van der Waals surface area contributed by atoms with Crippen molar-refractivity contribution in [3.63, 3.8) is 0 Å². The van der Waals surface area contributed by atoms with Crippen molar-refractivity contribution in [1.82, 2.24) is 5.32 Å². The zero-order valence-electron chi connectivity index (χ0n) is 14.7. The molecule has 0 bridgehead atoms. The van der Waals surface area contributed by atoms with E-state index in [4.69, 9.17) is 0 Å². The minimum Gasteiger partial charge on any atom is -0.350 e. The van der Waals surface area contributed by atoms with Crippen LogP contribution in [0.15, 0.2) is 71.2 Å². The number of carbonyl (C=O) groups is 1. The Bertz CT molecular complexity index is 1070. The first-order chi connectivity index (χ1) is 12.8. The molecular formula is C20H19BrN2O3S. The van der Waals surface area contributed by atoms with Gasteiger partial charge in [-0.2, -0.15) is 0 Å². The quantitative estimate of drug-likeness (QED) is 0.627. The average molecular weight is 447 g/mol. The first-order valence-electron chi connectivity index (χ1n) is 8.30. The van der Waals surface area contributed by atoms with Crippen LogP contribution in [0.3, 0.4) is 0 Å². The summed E-state index contributed by atoms with van der Waals surface area (Å²) < 4.78 is 26.1. The fraction of sp³-hybridized carbons (Fsp3) is 0.150. The van der Waals surface area contributed by atoms with Crippen molar-refractivity contribution in [2.45, 2.75) is 6.54 Å². The average Bonchev–Trinajstić information content (AvgIpc) is 2.64. The van der Waals surface area contributed by atoms with Gasteiger partial charge in [0.25, 0.3) is 0 Å². The van der Waals surface area contributed by atoms with E-state index in [0.717, 1.165) is 31.4 Å². The highest BCUT2D eigenvalue weighted by Crippen LogP contribution is 2.20. The number of anilines is 1. The van der Waals surface area contributed by atoms with Gasteiger partial charge in [-0.25, -0.2) is 8.42 Å². The lowest BCUT2D eigenvalue weighted by Crippen LogP contribution is -2.40. The third-order valence-corrected chi connectivity index (χ3v) is 5.77. The number of nitrogens with one attached hydrogen (secondary N) is 1. The lowest BCUT2D eigenvalue weighted by Gasteiger charge is -2.22. The number of sulfonamides is 1. The SMILES string of the molecule is CS(=O)(=O)N(CC(=O)NCc1ccc2ccccc2c1)c1ccc(Br)cc1. The molecule has 0 radical (unpaired) electrons. The number of fused-ring (bicyclic) bond motifs is 1. The maximum absolute atomic E-state index is 12.4. The number of halogens is 1. The summed E-state index contributed by atoms with van der Waals surface area (Å²) in [4.78, 5) is 12.4. The summed E-state index contributed by atoms with van der Waals surface area (Å²) in [6, 6.07) is 20.7. The van der Waals surface area contributed by atoms with Crippen molar-refractivity contribution in [2.75, 3.05) is 17.1 Å². The van der Waals surface area contributed by atoms with E-state index < -0.39 is 10.0 Å². The first kappa shape index (κ1) is 19.4. The highest BCUT2D eigenvalue weighted by molar-refractivity contribution is 9.10. The van der Waals surface area contributed by atoms with Gasteiger partial charge < -0.3 is 5.32 Å². The zero-order valence-corrected chi connectivity index (χ0v) is 17.1. The molecule has 0 unspecified atom stereocenters. The Morgan fingerprint density at radius 3 is 2.33 bits per heavy atom. The molecule has 0 aliphatic rings. The molecule has 5 nitrogen and oxygen atoms in total. The van der Waals surface area contributed by atoms with Crippen molar-refractivity contribution < 1.29 is 13.2 Å². The van der Waals surface area contributed by atoms with Crippen molar-refractivity contribution in [3.05, 3.63) is 76.8 Å². The highest BCUT2D eigenvalue weighted by atomic mass is 79.9. The van der Waals surface area contributed by atoms with Crippen LogP contribution in [0.4, 0.5) is 5.69 Å². The summed E-state index contributed by atoms with van der Waals surface area (Å²) in [5.74, 6) is -0.364. The van der Waals surface area contributed by atoms with Gasteiger partial charge in [-0.1, -0.05) is 52.3 Å². The van der Waals surface area contributed by atoms with Crippen LogP contribution in [0.1, 0.15) is 5.56 Å². The molecule has 7 heteroatoms. The van der Waals surface area contributed by atoms with Gasteiger partial charge >= 0.3 is 0 Å². The monoisotopic (exact) mass is 446 g/mol. The lowest BCUT2D eigenvalue weighted by molar-refractivity contribution is -0.119. The van der Waals surface area contributed by atoms with Gasteiger partial charge in [0.2, 0.25) is 15.9 Å². The molecule has 0 spiro atoms. The predicted molar refractivity (Wildman–Crippen MR) is 112 cm³/mol. The molecule has 1 N–H and O–H groups in total. The summed E-state index contributed by atoms with van der Waals surface area (Å²) in [6.07, 6.45) is 1.09. The molecule has 140 valence electrons. The Labute approximate surface area is 167 Å². The molecule has 0 fully saturated rings. The topological polar surface area (TPSA) is 66.5 Å². The fourth-order valence-corrected chi connectivity index (χ4v) is 3.86. The van der Waals surface area contributed by atoms with E-state index in [1.165, 1.54) is 0 Å². The number of benzene rings is 3. The third-order valence-electron chi connectivity index (χ3n) is 4.11. The van der Waals surface area contributed by atoms with Gasteiger partial charge in [0.05, 0.1) is 11.9 Å². The molecule has 0 aliphatic carbocycles. The Kier molecular flexibility index (Phi) is 5.82. The van der Waals surface area contributed by atoms with Crippen LogP contribution < -0.4 is 9.62 Å². The number of nitrogens with zero attached hydrogens (tertiary/aromatic N) is 1. The van der Waals surface area contributed by atoms with Crippen LogP contribution in [-0.2, 0) is 21.4 Å². The maximum atomic E-state index is 12.4. The van der Waals surface area contributed by atoms with Crippen LogP contribution in [-0.4, -0.2) is 27.1 Å². The second-order valence-electron chi connectivity index (χ2n) is 6.20. The normalized spacial score (nSPS) is 11.3. The lowest BCUT2D eigenvalue weighted by atomic mass is 10.1. The number of hydrogen-bond acceptors (Lipinski definition) is 3. The van der Waals surface area contributed by atoms with Crippen LogP contribution in [0.2, 0.25) is 0 Å². The van der Waals surface area contributed by atoms with Crippen molar-refractivity contribution >= 4 is 48.3 Å². The number of rotatable bonds is 6. The van der Waals surface area contributed by atoms with E-state index in [-0.39, 0.29) is 12.5 Å². The minimum atomic E-state index is -3.58.